The Bertz CT molecular complexity index is 433. The first-order chi connectivity index (χ1) is 8.37. The second-order valence-corrected chi connectivity index (χ2v) is 5.44. The van der Waals surface area contributed by atoms with Gasteiger partial charge in [-0.05, 0) is 41.9 Å². The molecule has 0 unspecified atom stereocenters. The van der Waals surface area contributed by atoms with Crippen molar-refractivity contribution < 1.29 is 9.47 Å². The largest absolute Gasteiger partial charge is 0.493 e. The van der Waals surface area contributed by atoms with Crippen molar-refractivity contribution in [3.63, 3.8) is 0 Å². The summed E-state index contributed by atoms with van der Waals surface area (Å²) in [6.45, 7) is 4.52. The Hall–Kier alpha value is -1.07. The number of nitrogens with one attached hydrogen (secondary N) is 1. The SMILES string of the molecule is COC(C)(C)CCOc1cccc(Br)c1C(=N)N. The molecule has 1 rings (SSSR count). The smallest absolute Gasteiger partial charge is 0.131 e. The van der Waals surface area contributed by atoms with Gasteiger partial charge in [-0.1, -0.05) is 6.07 Å². The van der Waals surface area contributed by atoms with E-state index >= 15 is 0 Å². The van der Waals surface area contributed by atoms with Gasteiger partial charge in [0, 0.05) is 18.0 Å². The van der Waals surface area contributed by atoms with Gasteiger partial charge in [-0.2, -0.15) is 0 Å². The Balaban J connectivity index is 2.74. The van der Waals surface area contributed by atoms with Crippen molar-refractivity contribution >= 4 is 21.8 Å². The molecule has 0 aliphatic heterocycles. The van der Waals surface area contributed by atoms with E-state index < -0.39 is 0 Å². The summed E-state index contributed by atoms with van der Waals surface area (Å²) in [6.07, 6.45) is 0.757. The first-order valence-corrected chi connectivity index (χ1v) is 6.47. The lowest BCUT2D eigenvalue weighted by Gasteiger charge is -2.23. The van der Waals surface area contributed by atoms with Gasteiger partial charge in [0.25, 0.3) is 0 Å². The molecule has 0 aliphatic rings. The molecule has 0 radical (unpaired) electrons. The van der Waals surface area contributed by atoms with Crippen molar-refractivity contribution in [2.75, 3.05) is 13.7 Å². The van der Waals surface area contributed by atoms with Gasteiger partial charge in [0.2, 0.25) is 0 Å². The zero-order chi connectivity index (χ0) is 13.8. The summed E-state index contributed by atoms with van der Waals surface area (Å²) in [7, 11) is 1.68. The maximum Gasteiger partial charge on any atom is 0.131 e. The lowest BCUT2D eigenvalue weighted by atomic mass is 10.1. The van der Waals surface area contributed by atoms with E-state index in [-0.39, 0.29) is 11.4 Å². The van der Waals surface area contributed by atoms with Crippen molar-refractivity contribution in [2.45, 2.75) is 25.9 Å². The lowest BCUT2D eigenvalue weighted by Crippen LogP contribution is -2.25. The van der Waals surface area contributed by atoms with Crippen LogP contribution >= 0.6 is 15.9 Å². The molecule has 0 aromatic heterocycles. The van der Waals surface area contributed by atoms with Gasteiger partial charge in [0.05, 0.1) is 17.8 Å². The van der Waals surface area contributed by atoms with Crippen LogP contribution in [-0.2, 0) is 4.74 Å². The first kappa shape index (κ1) is 15.0. The highest BCUT2D eigenvalue weighted by Crippen LogP contribution is 2.26. The summed E-state index contributed by atoms with van der Waals surface area (Å²) < 4.78 is 11.8. The van der Waals surface area contributed by atoms with Crippen LogP contribution < -0.4 is 10.5 Å². The predicted molar refractivity (Wildman–Crippen MR) is 76.4 cm³/mol. The van der Waals surface area contributed by atoms with Crippen LogP contribution in [0, 0.1) is 5.41 Å². The van der Waals surface area contributed by atoms with E-state index in [4.69, 9.17) is 20.6 Å². The summed E-state index contributed by atoms with van der Waals surface area (Å²) in [5.41, 5.74) is 5.92. The van der Waals surface area contributed by atoms with Crippen LogP contribution in [0.2, 0.25) is 0 Å². The van der Waals surface area contributed by atoms with Crippen molar-refractivity contribution in [1.82, 2.24) is 0 Å². The van der Waals surface area contributed by atoms with E-state index in [9.17, 15) is 0 Å². The van der Waals surface area contributed by atoms with Crippen molar-refractivity contribution in [3.8, 4) is 5.75 Å². The molecule has 1 aromatic carbocycles. The molecule has 0 amide bonds. The minimum Gasteiger partial charge on any atom is -0.493 e. The monoisotopic (exact) mass is 314 g/mol. The summed E-state index contributed by atoms with van der Waals surface area (Å²) in [4.78, 5) is 0. The van der Waals surface area contributed by atoms with Gasteiger partial charge >= 0.3 is 0 Å². The quantitative estimate of drug-likeness (QED) is 0.626. The van der Waals surface area contributed by atoms with Gasteiger partial charge in [-0.25, -0.2) is 0 Å². The summed E-state index contributed by atoms with van der Waals surface area (Å²) >= 11 is 3.37. The third-order valence-corrected chi connectivity index (χ3v) is 3.42. The molecule has 0 aliphatic carbocycles. The third-order valence-electron chi connectivity index (χ3n) is 2.76. The molecule has 3 N–H and O–H groups in total. The van der Waals surface area contributed by atoms with Crippen LogP contribution in [0.15, 0.2) is 22.7 Å². The molecule has 1 aromatic rings. The zero-order valence-corrected chi connectivity index (χ0v) is 12.5. The van der Waals surface area contributed by atoms with Gasteiger partial charge in [0.15, 0.2) is 0 Å². The van der Waals surface area contributed by atoms with E-state index in [1.807, 2.05) is 26.0 Å². The fraction of sp³-hybridized carbons (Fsp3) is 0.462. The Morgan fingerprint density at radius 1 is 1.44 bits per heavy atom. The van der Waals surface area contributed by atoms with Crippen LogP contribution in [0.3, 0.4) is 0 Å². The van der Waals surface area contributed by atoms with Crippen LogP contribution in [0.1, 0.15) is 25.8 Å². The number of nitrogens with two attached hydrogens (primary N) is 1. The fourth-order valence-electron chi connectivity index (χ4n) is 1.39. The highest BCUT2D eigenvalue weighted by atomic mass is 79.9. The van der Waals surface area contributed by atoms with Gasteiger partial charge in [0.1, 0.15) is 11.6 Å². The molecule has 18 heavy (non-hydrogen) atoms. The molecule has 4 nitrogen and oxygen atoms in total. The summed E-state index contributed by atoms with van der Waals surface area (Å²) in [6, 6.07) is 5.50. The number of benzene rings is 1. The predicted octanol–water partition coefficient (Wildman–Crippen LogP) is 2.93. The number of hydrogen-bond acceptors (Lipinski definition) is 3. The molecule has 0 heterocycles. The van der Waals surface area contributed by atoms with Crippen LogP contribution in [0.5, 0.6) is 5.75 Å². The van der Waals surface area contributed by atoms with E-state index in [1.54, 1.807) is 13.2 Å². The van der Waals surface area contributed by atoms with Crippen molar-refractivity contribution in [3.05, 3.63) is 28.2 Å². The summed E-state index contributed by atoms with van der Waals surface area (Å²) in [5, 5.41) is 7.55. The van der Waals surface area contributed by atoms with E-state index in [1.165, 1.54) is 0 Å². The Morgan fingerprint density at radius 3 is 2.67 bits per heavy atom. The number of amidine groups is 1. The fourth-order valence-corrected chi connectivity index (χ4v) is 1.96. The molecule has 0 fully saturated rings. The number of hydrogen-bond donors (Lipinski definition) is 2. The van der Waals surface area contributed by atoms with Crippen LogP contribution in [0.25, 0.3) is 0 Å². The molecule has 100 valence electrons. The van der Waals surface area contributed by atoms with Gasteiger partial charge in [-0.3, -0.25) is 5.41 Å². The molecule has 0 spiro atoms. The molecule has 0 saturated heterocycles. The van der Waals surface area contributed by atoms with Gasteiger partial charge < -0.3 is 15.2 Å². The van der Waals surface area contributed by atoms with Crippen LogP contribution in [-0.4, -0.2) is 25.2 Å². The average Bonchev–Trinajstić information content (AvgIpc) is 2.28. The maximum absolute atomic E-state index is 7.55. The first-order valence-electron chi connectivity index (χ1n) is 5.68. The number of halogens is 1. The second-order valence-electron chi connectivity index (χ2n) is 4.59. The average molecular weight is 315 g/mol. The number of nitrogen functional groups attached to an aromatic ring is 1. The Kier molecular flexibility index (Phi) is 5.16. The van der Waals surface area contributed by atoms with E-state index in [2.05, 4.69) is 15.9 Å². The van der Waals surface area contributed by atoms with Crippen molar-refractivity contribution in [2.24, 2.45) is 5.73 Å². The minimum atomic E-state index is -0.220. The Morgan fingerprint density at radius 2 is 2.11 bits per heavy atom. The molecular weight excluding hydrogens is 296 g/mol. The Labute approximate surface area is 116 Å². The number of rotatable bonds is 6. The molecular formula is C13H19BrN2O2. The van der Waals surface area contributed by atoms with Crippen LogP contribution in [0.4, 0.5) is 0 Å². The third kappa shape index (κ3) is 3.99. The molecule has 0 bridgehead atoms. The summed E-state index contributed by atoms with van der Waals surface area (Å²) in [5.74, 6) is 0.604. The molecule has 0 atom stereocenters. The molecule has 0 saturated carbocycles. The topological polar surface area (TPSA) is 68.3 Å². The highest BCUT2D eigenvalue weighted by Gasteiger charge is 2.17. The number of ether oxygens (including phenoxy) is 2. The lowest BCUT2D eigenvalue weighted by molar-refractivity contribution is 0.00544. The minimum absolute atomic E-state index is 0.0107. The maximum atomic E-state index is 7.55. The highest BCUT2D eigenvalue weighted by molar-refractivity contribution is 9.10. The van der Waals surface area contributed by atoms with Crippen molar-refractivity contribution in [1.29, 1.82) is 5.41 Å². The van der Waals surface area contributed by atoms with E-state index in [0.717, 1.165) is 10.9 Å². The van der Waals surface area contributed by atoms with E-state index in [0.29, 0.717) is 17.9 Å². The zero-order valence-electron chi connectivity index (χ0n) is 10.9. The number of methoxy groups -OCH3 is 1. The normalized spacial score (nSPS) is 11.3. The molecule has 5 heteroatoms. The second kappa shape index (κ2) is 6.20. The standard InChI is InChI=1S/C13H19BrN2O2/c1-13(2,17-3)7-8-18-10-6-4-5-9(14)11(10)12(15)16/h4-6H,7-8H2,1-3H3,(H3,15,16). The van der Waals surface area contributed by atoms with Gasteiger partial charge in [-0.15, -0.1) is 0 Å².